The van der Waals surface area contributed by atoms with E-state index in [1.54, 1.807) is 6.07 Å². The van der Waals surface area contributed by atoms with Crippen LogP contribution in [-0.4, -0.2) is 0 Å². The Morgan fingerprint density at radius 1 is 0.667 bits per heavy atom. The molecule has 0 aliphatic rings. The average molecular weight is 354 g/mol. The van der Waals surface area contributed by atoms with E-state index in [1.165, 1.54) is 11.1 Å². The first kappa shape index (κ1) is 17.3. The topological polar surface area (TPSA) is 30.2 Å². The van der Waals surface area contributed by atoms with Gasteiger partial charge in [0.15, 0.2) is 0 Å². The summed E-state index contributed by atoms with van der Waals surface area (Å²) in [6.45, 7) is 4.29. The van der Waals surface area contributed by atoms with E-state index in [2.05, 4.69) is 68.4 Å². The van der Waals surface area contributed by atoms with Crippen LogP contribution in [0.15, 0.2) is 82.0 Å². The molecule has 0 N–H and O–H groups in total. The van der Waals surface area contributed by atoms with Crippen molar-refractivity contribution in [3.8, 4) is 22.3 Å². The van der Waals surface area contributed by atoms with Gasteiger partial charge in [0.1, 0.15) is 5.58 Å². The van der Waals surface area contributed by atoms with E-state index in [4.69, 9.17) is 4.42 Å². The number of rotatable bonds is 4. The van der Waals surface area contributed by atoms with Crippen molar-refractivity contribution in [2.45, 2.75) is 26.7 Å². The molecule has 0 unspecified atom stereocenters. The van der Waals surface area contributed by atoms with Crippen LogP contribution >= 0.6 is 0 Å². The highest BCUT2D eigenvalue weighted by molar-refractivity contribution is 5.95. The molecular weight excluding hydrogens is 332 g/mol. The fourth-order valence-corrected chi connectivity index (χ4v) is 3.43. The Kier molecular flexibility index (Phi) is 4.64. The van der Waals surface area contributed by atoms with Crippen LogP contribution in [-0.2, 0) is 12.8 Å². The molecule has 0 saturated carbocycles. The minimum absolute atomic E-state index is 0.322. The Morgan fingerprint density at radius 3 is 1.81 bits per heavy atom. The average Bonchev–Trinajstić information content (AvgIpc) is 2.73. The van der Waals surface area contributed by atoms with Gasteiger partial charge in [-0.15, -0.1) is 0 Å². The van der Waals surface area contributed by atoms with Gasteiger partial charge in [0, 0.05) is 11.5 Å². The Balaban J connectivity index is 1.88. The molecule has 0 amide bonds. The number of fused-ring (bicyclic) bond motifs is 1. The van der Waals surface area contributed by atoms with Crippen molar-refractivity contribution < 1.29 is 4.42 Å². The third kappa shape index (κ3) is 3.43. The molecule has 3 aromatic carbocycles. The Labute approximate surface area is 159 Å². The van der Waals surface area contributed by atoms with Crippen molar-refractivity contribution >= 4 is 11.0 Å². The minimum atomic E-state index is -0.322. The van der Waals surface area contributed by atoms with Gasteiger partial charge in [-0.05, 0) is 58.4 Å². The second-order valence-corrected chi connectivity index (χ2v) is 6.79. The van der Waals surface area contributed by atoms with Crippen LogP contribution in [0.1, 0.15) is 25.0 Å². The zero-order valence-corrected chi connectivity index (χ0v) is 15.7. The Morgan fingerprint density at radius 2 is 1.22 bits per heavy atom. The van der Waals surface area contributed by atoms with Gasteiger partial charge >= 0.3 is 5.63 Å². The molecule has 0 fully saturated rings. The third-order valence-corrected chi connectivity index (χ3v) is 5.11. The van der Waals surface area contributed by atoms with Crippen LogP contribution in [0.3, 0.4) is 0 Å². The monoisotopic (exact) mass is 354 g/mol. The highest BCUT2D eigenvalue weighted by Crippen LogP contribution is 2.31. The summed E-state index contributed by atoms with van der Waals surface area (Å²) in [6.07, 6.45) is 2.02. The number of hydrogen-bond donors (Lipinski definition) is 0. The van der Waals surface area contributed by atoms with Crippen molar-refractivity contribution in [2.75, 3.05) is 0 Å². The molecule has 0 bridgehead atoms. The highest BCUT2D eigenvalue weighted by atomic mass is 16.4. The number of aryl methyl sites for hydroxylation is 2. The van der Waals surface area contributed by atoms with E-state index in [1.807, 2.05) is 12.1 Å². The first-order chi connectivity index (χ1) is 13.2. The zero-order chi connectivity index (χ0) is 18.8. The normalized spacial score (nSPS) is 11.0. The standard InChI is InChI=1S/C25H22O2/c1-3-17-5-9-19(10-6-17)21-13-14-24-23(15-21)22(16-25(26)27-24)20-11-7-18(4-2)8-12-20/h5-16H,3-4H2,1-2H3. The molecule has 134 valence electrons. The van der Waals surface area contributed by atoms with Gasteiger partial charge in [0.05, 0.1) is 0 Å². The summed E-state index contributed by atoms with van der Waals surface area (Å²) < 4.78 is 5.44. The van der Waals surface area contributed by atoms with Gasteiger partial charge < -0.3 is 4.42 Å². The molecule has 0 atom stereocenters. The molecule has 0 aliphatic carbocycles. The molecular formula is C25H22O2. The second kappa shape index (κ2) is 7.24. The molecule has 0 aliphatic heterocycles. The van der Waals surface area contributed by atoms with Crippen molar-refractivity contribution in [1.82, 2.24) is 0 Å². The molecule has 27 heavy (non-hydrogen) atoms. The van der Waals surface area contributed by atoms with E-state index in [9.17, 15) is 4.79 Å². The number of benzene rings is 3. The Hall–Kier alpha value is -3.13. The van der Waals surface area contributed by atoms with Gasteiger partial charge in [0.2, 0.25) is 0 Å². The fraction of sp³-hybridized carbons (Fsp3) is 0.160. The predicted octanol–water partition coefficient (Wildman–Crippen LogP) is 6.25. The predicted molar refractivity (Wildman–Crippen MR) is 112 cm³/mol. The maximum absolute atomic E-state index is 12.1. The summed E-state index contributed by atoms with van der Waals surface area (Å²) >= 11 is 0. The van der Waals surface area contributed by atoms with Gasteiger partial charge in [-0.3, -0.25) is 0 Å². The molecule has 1 heterocycles. The second-order valence-electron chi connectivity index (χ2n) is 6.79. The van der Waals surface area contributed by atoms with E-state index in [-0.39, 0.29) is 5.63 Å². The van der Waals surface area contributed by atoms with Crippen LogP contribution in [0.4, 0.5) is 0 Å². The third-order valence-electron chi connectivity index (χ3n) is 5.11. The van der Waals surface area contributed by atoms with E-state index in [0.29, 0.717) is 5.58 Å². The lowest BCUT2D eigenvalue weighted by Crippen LogP contribution is -1.98. The zero-order valence-electron chi connectivity index (χ0n) is 15.7. The Bertz CT molecular complexity index is 1130. The van der Waals surface area contributed by atoms with E-state index >= 15 is 0 Å². The van der Waals surface area contributed by atoms with Crippen LogP contribution in [0.25, 0.3) is 33.2 Å². The van der Waals surface area contributed by atoms with Gasteiger partial charge in [-0.2, -0.15) is 0 Å². The molecule has 4 rings (SSSR count). The maximum atomic E-state index is 12.1. The molecule has 0 radical (unpaired) electrons. The van der Waals surface area contributed by atoms with Crippen molar-refractivity contribution in [2.24, 2.45) is 0 Å². The first-order valence-electron chi connectivity index (χ1n) is 9.44. The maximum Gasteiger partial charge on any atom is 0.336 e. The SMILES string of the molecule is CCc1ccc(-c2ccc3oc(=O)cc(-c4ccc(CC)cc4)c3c2)cc1. The van der Waals surface area contributed by atoms with E-state index < -0.39 is 0 Å². The summed E-state index contributed by atoms with van der Waals surface area (Å²) in [5.74, 6) is 0. The van der Waals surface area contributed by atoms with Crippen LogP contribution in [0.5, 0.6) is 0 Å². The van der Waals surface area contributed by atoms with Crippen LogP contribution in [0, 0.1) is 0 Å². The number of hydrogen-bond acceptors (Lipinski definition) is 2. The summed E-state index contributed by atoms with van der Waals surface area (Å²) in [4.78, 5) is 12.1. The molecule has 1 aromatic heterocycles. The lowest BCUT2D eigenvalue weighted by molar-refractivity contribution is 0.561. The lowest BCUT2D eigenvalue weighted by Gasteiger charge is -2.09. The minimum Gasteiger partial charge on any atom is -0.423 e. The smallest absolute Gasteiger partial charge is 0.336 e. The first-order valence-corrected chi connectivity index (χ1v) is 9.44. The molecule has 0 saturated heterocycles. The van der Waals surface area contributed by atoms with Gasteiger partial charge in [-0.25, -0.2) is 4.79 Å². The summed E-state index contributed by atoms with van der Waals surface area (Å²) in [6, 6.07) is 24.6. The van der Waals surface area contributed by atoms with Gasteiger partial charge in [0.25, 0.3) is 0 Å². The lowest BCUT2D eigenvalue weighted by atomic mass is 9.96. The summed E-state index contributed by atoms with van der Waals surface area (Å²) in [5.41, 5.74) is 7.12. The van der Waals surface area contributed by atoms with Crippen molar-refractivity contribution in [3.63, 3.8) is 0 Å². The fourth-order valence-electron chi connectivity index (χ4n) is 3.43. The largest absolute Gasteiger partial charge is 0.423 e. The molecule has 4 aromatic rings. The van der Waals surface area contributed by atoms with E-state index in [0.717, 1.165) is 40.5 Å². The molecule has 2 heteroatoms. The highest BCUT2D eigenvalue weighted by Gasteiger charge is 2.10. The molecule has 0 spiro atoms. The van der Waals surface area contributed by atoms with Crippen molar-refractivity contribution in [3.05, 3.63) is 94.3 Å². The summed E-state index contributed by atoms with van der Waals surface area (Å²) in [5, 5.41) is 0.955. The van der Waals surface area contributed by atoms with Crippen LogP contribution < -0.4 is 5.63 Å². The van der Waals surface area contributed by atoms with Gasteiger partial charge in [-0.1, -0.05) is 68.4 Å². The van der Waals surface area contributed by atoms with Crippen LogP contribution in [0.2, 0.25) is 0 Å². The quantitative estimate of drug-likeness (QED) is 0.405. The molecule has 2 nitrogen and oxygen atoms in total. The van der Waals surface area contributed by atoms with Crippen molar-refractivity contribution in [1.29, 1.82) is 0 Å². The summed E-state index contributed by atoms with van der Waals surface area (Å²) in [7, 11) is 0.